The summed E-state index contributed by atoms with van der Waals surface area (Å²) in [5, 5.41) is 15.9. The second-order valence-electron chi connectivity index (χ2n) is 6.23. The van der Waals surface area contributed by atoms with Gasteiger partial charge in [-0.1, -0.05) is 24.4 Å². The predicted molar refractivity (Wildman–Crippen MR) is 96.4 cm³/mol. The first-order valence-corrected chi connectivity index (χ1v) is 8.87. The molecule has 1 atom stereocenters. The van der Waals surface area contributed by atoms with Crippen LogP contribution in [-0.2, 0) is 14.3 Å². The van der Waals surface area contributed by atoms with Gasteiger partial charge >= 0.3 is 5.97 Å². The van der Waals surface area contributed by atoms with Gasteiger partial charge in [0.05, 0.1) is 4.92 Å². The molecule has 1 aliphatic rings. The van der Waals surface area contributed by atoms with E-state index >= 15 is 0 Å². The summed E-state index contributed by atoms with van der Waals surface area (Å²) in [6.45, 7) is 0.975. The lowest BCUT2D eigenvalue weighted by Crippen LogP contribution is -2.42. The minimum atomic E-state index is -0.980. The van der Waals surface area contributed by atoms with Gasteiger partial charge in [-0.25, -0.2) is 0 Å². The summed E-state index contributed by atoms with van der Waals surface area (Å²) >= 11 is 5.69. The van der Waals surface area contributed by atoms with Crippen LogP contribution in [0.3, 0.4) is 0 Å². The van der Waals surface area contributed by atoms with E-state index in [2.05, 4.69) is 10.6 Å². The Morgan fingerprint density at radius 2 is 2.00 bits per heavy atom. The number of nitrogens with one attached hydrogen (secondary N) is 2. The molecule has 0 bridgehead atoms. The third-order valence-corrected chi connectivity index (χ3v) is 4.50. The zero-order chi connectivity index (χ0) is 20.0. The Hall–Kier alpha value is -2.68. The summed E-state index contributed by atoms with van der Waals surface area (Å²) < 4.78 is 4.99. The molecule has 0 radical (unpaired) electrons. The van der Waals surface area contributed by atoms with Crippen molar-refractivity contribution in [3.63, 3.8) is 0 Å². The molecule has 2 rings (SSSR count). The van der Waals surface area contributed by atoms with E-state index in [1.54, 1.807) is 0 Å². The van der Waals surface area contributed by atoms with Gasteiger partial charge < -0.3 is 15.4 Å². The Labute approximate surface area is 160 Å². The molecule has 146 valence electrons. The molecule has 1 aromatic carbocycles. The van der Waals surface area contributed by atoms with E-state index in [0.29, 0.717) is 0 Å². The van der Waals surface area contributed by atoms with Crippen molar-refractivity contribution in [2.75, 3.05) is 6.54 Å². The van der Waals surface area contributed by atoms with Gasteiger partial charge in [0.15, 0.2) is 6.10 Å². The predicted octanol–water partition coefficient (Wildman–Crippen LogP) is 1.97. The lowest BCUT2D eigenvalue weighted by molar-refractivity contribution is -0.384. The summed E-state index contributed by atoms with van der Waals surface area (Å²) in [6, 6.07) is 3.65. The molecule has 1 saturated carbocycles. The van der Waals surface area contributed by atoms with E-state index in [-0.39, 0.29) is 22.5 Å². The van der Waals surface area contributed by atoms with Crippen LogP contribution >= 0.6 is 11.6 Å². The van der Waals surface area contributed by atoms with Crippen molar-refractivity contribution in [1.29, 1.82) is 0 Å². The van der Waals surface area contributed by atoms with Crippen molar-refractivity contribution in [2.45, 2.75) is 44.8 Å². The quantitative estimate of drug-likeness (QED) is 0.411. The summed E-state index contributed by atoms with van der Waals surface area (Å²) in [6.07, 6.45) is 2.97. The van der Waals surface area contributed by atoms with Gasteiger partial charge in [0.2, 0.25) is 0 Å². The maximum absolute atomic E-state index is 12.0. The van der Waals surface area contributed by atoms with Crippen LogP contribution in [0.2, 0.25) is 5.02 Å². The number of hydrogen-bond acceptors (Lipinski definition) is 6. The Balaban J connectivity index is 1.82. The topological polar surface area (TPSA) is 128 Å². The number of halogens is 1. The zero-order valence-corrected chi connectivity index (χ0v) is 15.5. The number of nitro benzene ring substituents is 1. The number of amides is 2. The molecule has 2 N–H and O–H groups in total. The SMILES string of the molecule is C[C@@H](OC(=O)CNC(=O)c1ccc(Cl)c([N+](=O)[O-])c1)C(=O)NC1CCCC1. The number of rotatable bonds is 7. The molecular formula is C17H20ClN3O6. The molecule has 0 aliphatic heterocycles. The molecule has 2 amide bonds. The monoisotopic (exact) mass is 397 g/mol. The van der Waals surface area contributed by atoms with E-state index in [4.69, 9.17) is 16.3 Å². The van der Waals surface area contributed by atoms with Gasteiger partial charge in [0, 0.05) is 17.7 Å². The van der Waals surface area contributed by atoms with E-state index in [0.717, 1.165) is 31.7 Å². The third kappa shape index (κ3) is 5.92. The van der Waals surface area contributed by atoms with Gasteiger partial charge in [0.25, 0.3) is 17.5 Å². The lowest BCUT2D eigenvalue weighted by atomic mass is 10.2. The standard InChI is InChI=1S/C17H20ClN3O6/c1-10(16(23)20-12-4-2-3-5-12)27-15(22)9-19-17(24)11-6-7-13(18)14(8-11)21(25)26/h6-8,10,12H,2-5,9H2,1H3,(H,19,24)(H,20,23)/t10-/m1/s1. The maximum Gasteiger partial charge on any atom is 0.326 e. The average Bonchev–Trinajstić information content (AvgIpc) is 3.12. The van der Waals surface area contributed by atoms with E-state index in [9.17, 15) is 24.5 Å². The van der Waals surface area contributed by atoms with Gasteiger partial charge in [-0.2, -0.15) is 0 Å². The number of benzene rings is 1. The number of carbonyl (C=O) groups excluding carboxylic acids is 3. The second-order valence-corrected chi connectivity index (χ2v) is 6.64. The van der Waals surface area contributed by atoms with E-state index in [1.165, 1.54) is 19.1 Å². The Morgan fingerprint density at radius 3 is 2.63 bits per heavy atom. The van der Waals surface area contributed by atoms with Gasteiger partial charge in [-0.05, 0) is 31.9 Å². The first kappa shape index (κ1) is 20.6. The van der Waals surface area contributed by atoms with Crippen LogP contribution in [-0.4, -0.2) is 41.4 Å². The second kappa shape index (κ2) is 9.31. The Bertz CT molecular complexity index is 748. The van der Waals surface area contributed by atoms with Crippen LogP contribution in [0.5, 0.6) is 0 Å². The van der Waals surface area contributed by atoms with Crippen LogP contribution in [0.4, 0.5) is 5.69 Å². The van der Waals surface area contributed by atoms with Crippen LogP contribution in [0.25, 0.3) is 0 Å². The highest BCUT2D eigenvalue weighted by molar-refractivity contribution is 6.32. The lowest BCUT2D eigenvalue weighted by Gasteiger charge is -2.17. The molecule has 0 aromatic heterocycles. The molecule has 0 spiro atoms. The molecule has 9 nitrogen and oxygen atoms in total. The highest BCUT2D eigenvalue weighted by Crippen LogP contribution is 2.25. The number of esters is 1. The molecular weight excluding hydrogens is 378 g/mol. The van der Waals surface area contributed by atoms with Crippen LogP contribution in [0.15, 0.2) is 18.2 Å². The van der Waals surface area contributed by atoms with Crippen molar-refractivity contribution in [2.24, 2.45) is 0 Å². The number of hydrogen-bond donors (Lipinski definition) is 2. The smallest absolute Gasteiger partial charge is 0.326 e. The summed E-state index contributed by atoms with van der Waals surface area (Å²) in [4.78, 5) is 45.9. The molecule has 1 aromatic rings. The van der Waals surface area contributed by atoms with Crippen molar-refractivity contribution in [1.82, 2.24) is 10.6 Å². The molecule has 27 heavy (non-hydrogen) atoms. The first-order chi connectivity index (χ1) is 12.8. The van der Waals surface area contributed by atoms with Gasteiger partial charge in [-0.15, -0.1) is 0 Å². The van der Waals surface area contributed by atoms with Crippen molar-refractivity contribution in [3.05, 3.63) is 38.9 Å². The summed E-state index contributed by atoms with van der Waals surface area (Å²) in [7, 11) is 0. The highest BCUT2D eigenvalue weighted by atomic mass is 35.5. The molecule has 0 unspecified atom stereocenters. The molecule has 0 saturated heterocycles. The summed E-state index contributed by atoms with van der Waals surface area (Å²) in [5.41, 5.74) is -0.435. The Morgan fingerprint density at radius 1 is 1.33 bits per heavy atom. The van der Waals surface area contributed by atoms with Crippen molar-refractivity contribution >= 4 is 35.1 Å². The number of ether oxygens (including phenoxy) is 1. The van der Waals surface area contributed by atoms with E-state index < -0.39 is 35.1 Å². The zero-order valence-electron chi connectivity index (χ0n) is 14.7. The van der Waals surface area contributed by atoms with Crippen molar-refractivity contribution < 1.29 is 24.0 Å². The molecule has 0 heterocycles. The van der Waals surface area contributed by atoms with Gasteiger partial charge in [-0.3, -0.25) is 24.5 Å². The molecule has 10 heteroatoms. The fourth-order valence-corrected chi connectivity index (χ4v) is 2.92. The maximum atomic E-state index is 12.0. The minimum absolute atomic E-state index is 0.0223. The molecule has 1 aliphatic carbocycles. The largest absolute Gasteiger partial charge is 0.451 e. The number of nitro groups is 1. The van der Waals surface area contributed by atoms with Crippen molar-refractivity contribution in [3.8, 4) is 0 Å². The highest BCUT2D eigenvalue weighted by Gasteiger charge is 2.23. The van der Waals surface area contributed by atoms with Gasteiger partial charge in [0.1, 0.15) is 11.6 Å². The number of carbonyl (C=O) groups is 3. The van der Waals surface area contributed by atoms with E-state index in [1.807, 2.05) is 0 Å². The van der Waals surface area contributed by atoms with Crippen LogP contribution < -0.4 is 10.6 Å². The fourth-order valence-electron chi connectivity index (χ4n) is 2.73. The van der Waals surface area contributed by atoms with Crippen LogP contribution in [0, 0.1) is 10.1 Å². The number of nitrogens with zero attached hydrogens (tertiary/aromatic N) is 1. The molecule has 1 fully saturated rings. The minimum Gasteiger partial charge on any atom is -0.451 e. The fraction of sp³-hybridized carbons (Fsp3) is 0.471. The first-order valence-electron chi connectivity index (χ1n) is 8.50. The average molecular weight is 398 g/mol. The third-order valence-electron chi connectivity index (χ3n) is 4.18. The van der Waals surface area contributed by atoms with Crippen LogP contribution in [0.1, 0.15) is 43.0 Å². The Kier molecular flexibility index (Phi) is 7.12. The normalized spacial score (nSPS) is 15.0. The summed E-state index contributed by atoms with van der Waals surface area (Å²) in [5.74, 6) is -1.87.